The van der Waals surface area contributed by atoms with E-state index in [2.05, 4.69) is 4.98 Å². The Labute approximate surface area is 92.6 Å². The van der Waals surface area contributed by atoms with Crippen LogP contribution in [0.25, 0.3) is 11.3 Å². The van der Waals surface area contributed by atoms with Gasteiger partial charge >= 0.3 is 5.97 Å². The summed E-state index contributed by atoms with van der Waals surface area (Å²) in [6, 6.07) is 7.31. The van der Waals surface area contributed by atoms with Crippen LogP contribution in [0.15, 0.2) is 35.1 Å². The van der Waals surface area contributed by atoms with E-state index in [4.69, 9.17) is 9.52 Å². The number of hydrogen-bond acceptors (Lipinski definition) is 3. The molecule has 82 valence electrons. The minimum absolute atomic E-state index is 0.0186. The maximum absolute atomic E-state index is 10.6. The van der Waals surface area contributed by atoms with Crippen molar-refractivity contribution in [2.75, 3.05) is 0 Å². The Hall–Kier alpha value is -2.10. The number of carboxylic acid groups (broad SMARTS) is 1. The average molecular weight is 217 g/mol. The van der Waals surface area contributed by atoms with E-state index >= 15 is 0 Å². The summed E-state index contributed by atoms with van der Waals surface area (Å²) in [7, 11) is 0. The van der Waals surface area contributed by atoms with Gasteiger partial charge in [0, 0.05) is 5.56 Å². The lowest BCUT2D eigenvalue weighted by molar-refractivity contribution is -0.136. The van der Waals surface area contributed by atoms with E-state index in [1.54, 1.807) is 6.07 Å². The number of benzene rings is 1. The highest BCUT2D eigenvalue weighted by Gasteiger charge is 2.08. The van der Waals surface area contributed by atoms with Crippen molar-refractivity contribution >= 4 is 5.97 Å². The van der Waals surface area contributed by atoms with Gasteiger partial charge in [0.25, 0.3) is 0 Å². The summed E-state index contributed by atoms with van der Waals surface area (Å²) >= 11 is 0. The molecule has 2 rings (SSSR count). The molecule has 1 heterocycles. The number of rotatable bonds is 3. The molecule has 2 aromatic rings. The minimum atomic E-state index is -0.839. The van der Waals surface area contributed by atoms with Gasteiger partial charge in [-0.25, -0.2) is 4.98 Å². The van der Waals surface area contributed by atoms with Gasteiger partial charge in [-0.3, -0.25) is 4.79 Å². The highest BCUT2D eigenvalue weighted by molar-refractivity contribution is 5.71. The quantitative estimate of drug-likeness (QED) is 0.856. The standard InChI is InChI=1S/C12H11NO3/c1-8-12(13-7-16-8)10-4-2-3-9(5-10)6-11(14)15/h2-5,7H,6H2,1H3,(H,14,15). The Morgan fingerprint density at radius 1 is 1.50 bits per heavy atom. The molecule has 0 spiro atoms. The summed E-state index contributed by atoms with van der Waals surface area (Å²) in [4.78, 5) is 14.7. The fourth-order valence-electron chi connectivity index (χ4n) is 1.59. The molecule has 0 fully saturated rings. The van der Waals surface area contributed by atoms with E-state index in [1.165, 1.54) is 6.39 Å². The van der Waals surface area contributed by atoms with Gasteiger partial charge in [0.15, 0.2) is 6.39 Å². The van der Waals surface area contributed by atoms with E-state index in [-0.39, 0.29) is 6.42 Å². The zero-order valence-corrected chi connectivity index (χ0v) is 8.80. The molecule has 4 heteroatoms. The molecule has 0 aliphatic carbocycles. The summed E-state index contributed by atoms with van der Waals surface area (Å²) in [5.74, 6) is -0.110. The van der Waals surface area contributed by atoms with Gasteiger partial charge < -0.3 is 9.52 Å². The van der Waals surface area contributed by atoms with Crippen LogP contribution in [-0.2, 0) is 11.2 Å². The highest BCUT2D eigenvalue weighted by atomic mass is 16.4. The van der Waals surface area contributed by atoms with Crippen LogP contribution in [0.1, 0.15) is 11.3 Å². The van der Waals surface area contributed by atoms with Crippen LogP contribution in [0.3, 0.4) is 0 Å². The number of carbonyl (C=O) groups is 1. The predicted octanol–water partition coefficient (Wildman–Crippen LogP) is 2.28. The second-order valence-corrected chi connectivity index (χ2v) is 3.53. The molecule has 16 heavy (non-hydrogen) atoms. The van der Waals surface area contributed by atoms with Crippen molar-refractivity contribution in [3.63, 3.8) is 0 Å². The third-order valence-corrected chi connectivity index (χ3v) is 2.30. The van der Waals surface area contributed by atoms with Crippen LogP contribution in [0.5, 0.6) is 0 Å². The molecule has 0 unspecified atom stereocenters. The number of oxazole rings is 1. The average Bonchev–Trinajstić information content (AvgIpc) is 2.64. The first-order valence-electron chi connectivity index (χ1n) is 4.88. The molecule has 0 bridgehead atoms. The van der Waals surface area contributed by atoms with Gasteiger partial charge in [-0.05, 0) is 18.6 Å². The molecule has 1 aromatic carbocycles. The molecule has 1 N–H and O–H groups in total. The Morgan fingerprint density at radius 3 is 2.94 bits per heavy atom. The summed E-state index contributed by atoms with van der Waals surface area (Å²) in [5, 5.41) is 8.71. The summed E-state index contributed by atoms with van der Waals surface area (Å²) in [6.45, 7) is 1.83. The van der Waals surface area contributed by atoms with Gasteiger partial charge in [-0.1, -0.05) is 18.2 Å². The highest BCUT2D eigenvalue weighted by Crippen LogP contribution is 2.22. The smallest absolute Gasteiger partial charge is 0.307 e. The molecule has 0 saturated carbocycles. The summed E-state index contributed by atoms with van der Waals surface area (Å²) in [6.07, 6.45) is 1.40. The van der Waals surface area contributed by atoms with Crippen LogP contribution in [0.2, 0.25) is 0 Å². The van der Waals surface area contributed by atoms with E-state index in [0.29, 0.717) is 0 Å². The lowest BCUT2D eigenvalue weighted by Gasteiger charge is -2.01. The summed E-state index contributed by atoms with van der Waals surface area (Å²) in [5.41, 5.74) is 2.39. The predicted molar refractivity (Wildman–Crippen MR) is 58.0 cm³/mol. The van der Waals surface area contributed by atoms with Crippen molar-refractivity contribution in [1.82, 2.24) is 4.98 Å². The first-order valence-corrected chi connectivity index (χ1v) is 4.88. The molecule has 0 aliphatic rings. The van der Waals surface area contributed by atoms with Crippen LogP contribution in [0, 0.1) is 6.92 Å². The molecule has 1 aromatic heterocycles. The molecule has 4 nitrogen and oxygen atoms in total. The maximum atomic E-state index is 10.6. The van der Waals surface area contributed by atoms with Gasteiger partial charge in [-0.2, -0.15) is 0 Å². The lowest BCUT2D eigenvalue weighted by atomic mass is 10.1. The molecule has 0 amide bonds. The molecular weight excluding hydrogens is 206 g/mol. The number of aromatic nitrogens is 1. The Balaban J connectivity index is 2.36. The Bertz CT molecular complexity index is 516. The van der Waals surface area contributed by atoms with Gasteiger partial charge in [0.2, 0.25) is 0 Å². The first kappa shape index (κ1) is 10.4. The Morgan fingerprint density at radius 2 is 2.31 bits per heavy atom. The fourth-order valence-corrected chi connectivity index (χ4v) is 1.59. The third kappa shape index (κ3) is 2.11. The van der Waals surface area contributed by atoms with Crippen molar-refractivity contribution in [2.45, 2.75) is 13.3 Å². The SMILES string of the molecule is Cc1ocnc1-c1cccc(CC(=O)O)c1. The van der Waals surface area contributed by atoms with Crippen LogP contribution >= 0.6 is 0 Å². The van der Waals surface area contributed by atoms with Crippen molar-refractivity contribution in [3.8, 4) is 11.3 Å². The maximum Gasteiger partial charge on any atom is 0.307 e. The third-order valence-electron chi connectivity index (χ3n) is 2.30. The zero-order valence-electron chi connectivity index (χ0n) is 8.80. The van der Waals surface area contributed by atoms with Crippen LogP contribution in [0.4, 0.5) is 0 Å². The van der Waals surface area contributed by atoms with Gasteiger partial charge in [0.1, 0.15) is 11.5 Å². The number of aryl methyl sites for hydroxylation is 1. The van der Waals surface area contributed by atoms with Gasteiger partial charge in [0.05, 0.1) is 6.42 Å². The van der Waals surface area contributed by atoms with E-state index in [9.17, 15) is 4.79 Å². The molecule has 0 saturated heterocycles. The van der Waals surface area contributed by atoms with E-state index in [0.717, 1.165) is 22.6 Å². The minimum Gasteiger partial charge on any atom is -0.481 e. The molecule has 0 aliphatic heterocycles. The fraction of sp³-hybridized carbons (Fsp3) is 0.167. The number of nitrogens with zero attached hydrogens (tertiary/aromatic N) is 1. The largest absolute Gasteiger partial charge is 0.481 e. The lowest BCUT2D eigenvalue weighted by Crippen LogP contribution is -1.99. The topological polar surface area (TPSA) is 63.3 Å². The van der Waals surface area contributed by atoms with E-state index in [1.807, 2.05) is 25.1 Å². The van der Waals surface area contributed by atoms with Crippen molar-refractivity contribution in [1.29, 1.82) is 0 Å². The van der Waals surface area contributed by atoms with Gasteiger partial charge in [-0.15, -0.1) is 0 Å². The number of aliphatic carboxylic acids is 1. The monoisotopic (exact) mass is 217 g/mol. The second-order valence-electron chi connectivity index (χ2n) is 3.53. The second kappa shape index (κ2) is 4.18. The molecular formula is C12H11NO3. The van der Waals surface area contributed by atoms with E-state index < -0.39 is 5.97 Å². The Kier molecular flexibility index (Phi) is 2.72. The van der Waals surface area contributed by atoms with Crippen molar-refractivity contribution in [2.24, 2.45) is 0 Å². The van der Waals surface area contributed by atoms with Crippen LogP contribution < -0.4 is 0 Å². The zero-order chi connectivity index (χ0) is 11.5. The number of hydrogen-bond donors (Lipinski definition) is 1. The van der Waals surface area contributed by atoms with Crippen molar-refractivity contribution < 1.29 is 14.3 Å². The molecule has 0 atom stereocenters. The molecule has 0 radical (unpaired) electrons. The number of carboxylic acids is 1. The first-order chi connectivity index (χ1) is 7.66. The van der Waals surface area contributed by atoms with Crippen LogP contribution in [-0.4, -0.2) is 16.1 Å². The normalized spacial score (nSPS) is 10.3. The summed E-state index contributed by atoms with van der Waals surface area (Å²) < 4.78 is 5.11. The van der Waals surface area contributed by atoms with Crippen molar-refractivity contribution in [3.05, 3.63) is 42.0 Å².